The lowest BCUT2D eigenvalue weighted by Gasteiger charge is -2.35. The molecule has 2 rings (SSSR count). The number of piperidine rings is 1. The summed E-state index contributed by atoms with van der Waals surface area (Å²) in [5.41, 5.74) is -0.260. The second kappa shape index (κ2) is 7.13. The highest BCUT2D eigenvalue weighted by Gasteiger charge is 2.31. The van der Waals surface area contributed by atoms with E-state index in [9.17, 15) is 14.7 Å². The van der Waals surface area contributed by atoms with Crippen LogP contribution in [0, 0.1) is 5.92 Å². The van der Waals surface area contributed by atoms with Crippen LogP contribution in [0.3, 0.4) is 0 Å². The Kier molecular flexibility index (Phi) is 5.42. The number of aliphatic hydroxyl groups is 1. The zero-order valence-electron chi connectivity index (χ0n) is 14.2. The molecule has 1 aliphatic heterocycles. The fourth-order valence-corrected chi connectivity index (χ4v) is 3.10. The molecule has 1 N–H and O–H groups in total. The molecule has 5 heteroatoms. The molecule has 0 aliphatic carbocycles. The predicted molar refractivity (Wildman–Crippen MR) is 89.0 cm³/mol. The molecular weight excluding hydrogens is 292 g/mol. The smallest absolute Gasteiger partial charge is 0.253 e. The molecule has 1 fully saturated rings. The SMILES string of the molecule is CN(CC(C)(C)O)C(=O)C1CCCN(C(=O)c2ccccc2)C1. The zero-order valence-corrected chi connectivity index (χ0v) is 14.2. The number of amides is 2. The third-order valence-corrected chi connectivity index (χ3v) is 4.08. The van der Waals surface area contributed by atoms with Crippen LogP contribution < -0.4 is 0 Å². The van der Waals surface area contributed by atoms with Gasteiger partial charge in [0, 0.05) is 32.2 Å². The van der Waals surface area contributed by atoms with Crippen molar-refractivity contribution in [3.8, 4) is 0 Å². The molecule has 1 unspecified atom stereocenters. The minimum absolute atomic E-state index is 0.00214. The van der Waals surface area contributed by atoms with E-state index in [0.717, 1.165) is 12.8 Å². The van der Waals surface area contributed by atoms with Gasteiger partial charge in [-0.05, 0) is 38.8 Å². The van der Waals surface area contributed by atoms with Gasteiger partial charge < -0.3 is 14.9 Å². The van der Waals surface area contributed by atoms with E-state index >= 15 is 0 Å². The first-order valence-electron chi connectivity index (χ1n) is 8.09. The molecule has 23 heavy (non-hydrogen) atoms. The van der Waals surface area contributed by atoms with Crippen LogP contribution >= 0.6 is 0 Å². The van der Waals surface area contributed by atoms with Crippen molar-refractivity contribution in [1.29, 1.82) is 0 Å². The van der Waals surface area contributed by atoms with E-state index in [0.29, 0.717) is 18.7 Å². The van der Waals surface area contributed by atoms with Gasteiger partial charge in [-0.3, -0.25) is 9.59 Å². The summed E-state index contributed by atoms with van der Waals surface area (Å²) in [5, 5.41) is 9.87. The van der Waals surface area contributed by atoms with Crippen LogP contribution in [-0.2, 0) is 4.79 Å². The summed E-state index contributed by atoms with van der Waals surface area (Å²) in [6, 6.07) is 9.17. The van der Waals surface area contributed by atoms with Gasteiger partial charge in [0.25, 0.3) is 5.91 Å². The lowest BCUT2D eigenvalue weighted by atomic mass is 9.95. The first kappa shape index (κ1) is 17.5. The molecule has 0 spiro atoms. The highest BCUT2D eigenvalue weighted by Crippen LogP contribution is 2.21. The van der Waals surface area contributed by atoms with Gasteiger partial charge in [-0.1, -0.05) is 18.2 Å². The summed E-state index contributed by atoms with van der Waals surface area (Å²) in [6.45, 7) is 4.79. The van der Waals surface area contributed by atoms with Crippen molar-refractivity contribution >= 4 is 11.8 Å². The number of carbonyl (C=O) groups is 2. The summed E-state index contributed by atoms with van der Waals surface area (Å²) < 4.78 is 0. The van der Waals surface area contributed by atoms with Crippen LogP contribution in [0.1, 0.15) is 37.0 Å². The van der Waals surface area contributed by atoms with E-state index in [1.165, 1.54) is 0 Å². The second-order valence-electron chi connectivity index (χ2n) is 6.96. The number of rotatable bonds is 4. The molecular formula is C18H26N2O3. The Morgan fingerprint density at radius 3 is 2.57 bits per heavy atom. The quantitative estimate of drug-likeness (QED) is 0.920. The first-order chi connectivity index (χ1) is 10.8. The van der Waals surface area contributed by atoms with Crippen LogP contribution in [0.2, 0.25) is 0 Å². The molecule has 1 aromatic carbocycles. The molecule has 2 amide bonds. The number of likely N-dealkylation sites (N-methyl/N-ethyl adjacent to an activating group) is 1. The Bertz CT molecular complexity index is 551. The molecule has 0 aromatic heterocycles. The number of hydrogen-bond acceptors (Lipinski definition) is 3. The van der Waals surface area contributed by atoms with Crippen LogP contribution in [-0.4, -0.2) is 59.0 Å². The van der Waals surface area contributed by atoms with Gasteiger partial charge in [0.1, 0.15) is 0 Å². The Balaban J connectivity index is 2.00. The summed E-state index contributed by atoms with van der Waals surface area (Å²) in [4.78, 5) is 28.4. The molecule has 1 atom stereocenters. The van der Waals surface area contributed by atoms with Crippen LogP contribution in [0.15, 0.2) is 30.3 Å². The zero-order chi connectivity index (χ0) is 17.0. The number of likely N-dealkylation sites (tertiary alicyclic amines) is 1. The number of benzene rings is 1. The minimum atomic E-state index is -0.918. The summed E-state index contributed by atoms with van der Waals surface area (Å²) in [6.07, 6.45) is 1.61. The largest absolute Gasteiger partial charge is 0.389 e. The van der Waals surface area contributed by atoms with E-state index in [-0.39, 0.29) is 24.3 Å². The van der Waals surface area contributed by atoms with Gasteiger partial charge >= 0.3 is 0 Å². The lowest BCUT2D eigenvalue weighted by Crippen LogP contribution is -2.48. The number of hydrogen-bond donors (Lipinski definition) is 1. The molecule has 0 bridgehead atoms. The van der Waals surface area contributed by atoms with Crippen molar-refractivity contribution in [2.45, 2.75) is 32.3 Å². The standard InChI is InChI=1S/C18H26N2O3/c1-18(2,23)13-19(3)16(21)15-10-7-11-20(12-15)17(22)14-8-5-4-6-9-14/h4-6,8-9,15,23H,7,10-13H2,1-3H3. The van der Waals surface area contributed by atoms with Crippen molar-refractivity contribution in [1.82, 2.24) is 9.80 Å². The maximum atomic E-state index is 12.6. The average molecular weight is 318 g/mol. The average Bonchev–Trinajstić information content (AvgIpc) is 2.52. The van der Waals surface area contributed by atoms with Crippen LogP contribution in [0.4, 0.5) is 0 Å². The second-order valence-corrected chi connectivity index (χ2v) is 6.96. The van der Waals surface area contributed by atoms with E-state index in [4.69, 9.17) is 0 Å². The normalized spacial score (nSPS) is 18.6. The van der Waals surface area contributed by atoms with E-state index < -0.39 is 5.60 Å². The molecule has 1 heterocycles. The Labute approximate surface area is 137 Å². The third kappa shape index (κ3) is 4.79. The highest BCUT2D eigenvalue weighted by atomic mass is 16.3. The van der Waals surface area contributed by atoms with Crippen LogP contribution in [0.5, 0.6) is 0 Å². The third-order valence-electron chi connectivity index (χ3n) is 4.08. The summed E-state index contributed by atoms with van der Waals surface area (Å²) >= 11 is 0. The molecule has 126 valence electrons. The Morgan fingerprint density at radius 2 is 1.96 bits per heavy atom. The minimum Gasteiger partial charge on any atom is -0.389 e. The van der Waals surface area contributed by atoms with E-state index in [1.807, 2.05) is 18.2 Å². The van der Waals surface area contributed by atoms with Gasteiger partial charge in [0.2, 0.25) is 5.91 Å². The lowest BCUT2D eigenvalue weighted by molar-refractivity contribution is -0.138. The summed E-state index contributed by atoms with van der Waals surface area (Å²) in [5.74, 6) is -0.213. The topological polar surface area (TPSA) is 60.9 Å². The van der Waals surface area contributed by atoms with E-state index in [1.54, 1.807) is 42.8 Å². The molecule has 0 saturated carbocycles. The number of nitrogens with zero attached hydrogens (tertiary/aromatic N) is 2. The molecule has 1 aromatic rings. The molecule has 1 aliphatic rings. The molecule has 1 saturated heterocycles. The first-order valence-corrected chi connectivity index (χ1v) is 8.09. The number of carbonyl (C=O) groups excluding carboxylic acids is 2. The van der Waals surface area contributed by atoms with Crippen molar-refractivity contribution in [3.63, 3.8) is 0 Å². The van der Waals surface area contributed by atoms with Crippen molar-refractivity contribution in [2.24, 2.45) is 5.92 Å². The monoisotopic (exact) mass is 318 g/mol. The maximum Gasteiger partial charge on any atom is 0.253 e. The van der Waals surface area contributed by atoms with E-state index in [2.05, 4.69) is 0 Å². The molecule has 5 nitrogen and oxygen atoms in total. The van der Waals surface area contributed by atoms with Crippen molar-refractivity contribution in [2.75, 3.05) is 26.7 Å². The Hall–Kier alpha value is -1.88. The van der Waals surface area contributed by atoms with Gasteiger partial charge in [-0.15, -0.1) is 0 Å². The van der Waals surface area contributed by atoms with Gasteiger partial charge in [0.05, 0.1) is 11.5 Å². The summed E-state index contributed by atoms with van der Waals surface area (Å²) in [7, 11) is 1.71. The molecule has 0 radical (unpaired) electrons. The maximum absolute atomic E-state index is 12.6. The van der Waals surface area contributed by atoms with Crippen LogP contribution in [0.25, 0.3) is 0 Å². The Morgan fingerprint density at radius 1 is 1.30 bits per heavy atom. The van der Waals surface area contributed by atoms with Gasteiger partial charge in [-0.2, -0.15) is 0 Å². The van der Waals surface area contributed by atoms with Crippen molar-refractivity contribution < 1.29 is 14.7 Å². The van der Waals surface area contributed by atoms with Gasteiger partial charge in [0.15, 0.2) is 0 Å². The fraction of sp³-hybridized carbons (Fsp3) is 0.556. The fourth-order valence-electron chi connectivity index (χ4n) is 3.10. The van der Waals surface area contributed by atoms with Crippen molar-refractivity contribution in [3.05, 3.63) is 35.9 Å². The highest BCUT2D eigenvalue weighted by molar-refractivity contribution is 5.94. The predicted octanol–water partition coefficient (Wildman–Crippen LogP) is 1.77. The van der Waals surface area contributed by atoms with Gasteiger partial charge in [-0.25, -0.2) is 0 Å².